The summed E-state index contributed by atoms with van der Waals surface area (Å²) in [4.78, 5) is 4.78. The van der Waals surface area contributed by atoms with E-state index in [9.17, 15) is 0 Å². The zero-order valence-corrected chi connectivity index (χ0v) is 10.9. The lowest BCUT2D eigenvalue weighted by molar-refractivity contribution is 0.836. The average molecular weight is 230 g/mol. The molecule has 0 bridgehead atoms. The molecule has 92 valence electrons. The minimum absolute atomic E-state index is 0. The fraction of sp³-hybridized carbons (Fsp3) is 0.400. The van der Waals surface area contributed by atoms with Gasteiger partial charge < -0.3 is 6.15 Å². The Morgan fingerprint density at radius 3 is 2.41 bits per heavy atom. The number of rotatable bonds is 4. The van der Waals surface area contributed by atoms with Crippen molar-refractivity contribution in [3.63, 3.8) is 0 Å². The molecule has 0 saturated heterocycles. The van der Waals surface area contributed by atoms with Crippen LogP contribution in [0.5, 0.6) is 0 Å². The Morgan fingerprint density at radius 2 is 1.71 bits per heavy atom. The van der Waals surface area contributed by atoms with Crippen LogP contribution in [0.4, 0.5) is 0 Å². The third-order valence-electron chi connectivity index (χ3n) is 2.90. The summed E-state index contributed by atoms with van der Waals surface area (Å²) in [6, 6.07) is 10.7. The van der Waals surface area contributed by atoms with E-state index in [0.29, 0.717) is 0 Å². The zero-order valence-electron chi connectivity index (χ0n) is 10.9. The van der Waals surface area contributed by atoms with Crippen LogP contribution in [0.3, 0.4) is 0 Å². The highest BCUT2D eigenvalue weighted by molar-refractivity contribution is 5.79. The van der Waals surface area contributed by atoms with E-state index in [-0.39, 0.29) is 6.15 Å². The second-order valence-electron chi connectivity index (χ2n) is 4.29. The molecule has 2 rings (SSSR count). The van der Waals surface area contributed by atoms with Gasteiger partial charge in [-0.05, 0) is 30.5 Å². The number of nitrogens with zero attached hydrogens (tertiary/aromatic N) is 1. The summed E-state index contributed by atoms with van der Waals surface area (Å²) in [6.07, 6.45) is 4.60. The maximum atomic E-state index is 4.78. The van der Waals surface area contributed by atoms with Crippen molar-refractivity contribution in [3.8, 4) is 0 Å². The van der Waals surface area contributed by atoms with Crippen LogP contribution in [-0.4, -0.2) is 4.98 Å². The van der Waals surface area contributed by atoms with E-state index < -0.39 is 0 Å². The van der Waals surface area contributed by atoms with Gasteiger partial charge in [0.25, 0.3) is 0 Å². The van der Waals surface area contributed by atoms with Crippen molar-refractivity contribution < 1.29 is 0 Å². The smallest absolute Gasteiger partial charge is 0.0705 e. The standard InChI is InChI=1S/C15H19N.H3N/c1-3-7-12-11-13-9-5-6-10-15(13)16-14(12)8-4-2;/h5-6,9-11H,3-4,7-8H2,1-2H3;1H3. The zero-order chi connectivity index (χ0) is 11.4. The molecule has 0 saturated carbocycles. The summed E-state index contributed by atoms with van der Waals surface area (Å²) in [6.45, 7) is 4.44. The van der Waals surface area contributed by atoms with Crippen molar-refractivity contribution in [2.45, 2.75) is 39.5 Å². The molecular weight excluding hydrogens is 208 g/mol. The van der Waals surface area contributed by atoms with Gasteiger partial charge in [0.2, 0.25) is 0 Å². The molecule has 17 heavy (non-hydrogen) atoms. The van der Waals surface area contributed by atoms with Gasteiger partial charge >= 0.3 is 0 Å². The molecule has 0 atom stereocenters. The Hall–Kier alpha value is -1.41. The lowest BCUT2D eigenvalue weighted by Gasteiger charge is -2.09. The van der Waals surface area contributed by atoms with Gasteiger partial charge in [0.1, 0.15) is 0 Å². The number of pyridine rings is 1. The Balaban J connectivity index is 0.00000144. The lowest BCUT2D eigenvalue weighted by Crippen LogP contribution is -1.98. The fourth-order valence-corrected chi connectivity index (χ4v) is 2.14. The Labute approximate surface area is 104 Å². The SMILES string of the molecule is CCCc1cc2ccccc2nc1CCC.N. The molecular formula is C15H22N2. The summed E-state index contributed by atoms with van der Waals surface area (Å²) >= 11 is 0. The molecule has 1 aromatic heterocycles. The van der Waals surface area contributed by atoms with Crippen molar-refractivity contribution in [3.05, 3.63) is 41.6 Å². The van der Waals surface area contributed by atoms with E-state index in [1.54, 1.807) is 0 Å². The van der Waals surface area contributed by atoms with E-state index in [1.165, 1.54) is 29.5 Å². The molecule has 0 unspecified atom stereocenters. The second kappa shape index (κ2) is 6.36. The minimum atomic E-state index is 0. The number of benzene rings is 1. The number of hydrogen-bond donors (Lipinski definition) is 1. The lowest BCUT2D eigenvalue weighted by atomic mass is 10.0. The van der Waals surface area contributed by atoms with Gasteiger partial charge in [0, 0.05) is 11.1 Å². The monoisotopic (exact) mass is 230 g/mol. The van der Waals surface area contributed by atoms with E-state index in [4.69, 9.17) is 4.98 Å². The van der Waals surface area contributed by atoms with Crippen molar-refractivity contribution in [2.75, 3.05) is 0 Å². The van der Waals surface area contributed by atoms with Gasteiger partial charge in [-0.2, -0.15) is 0 Å². The predicted octanol–water partition coefficient (Wildman–Crippen LogP) is 4.30. The normalized spacial score (nSPS) is 10.2. The maximum Gasteiger partial charge on any atom is 0.0705 e. The van der Waals surface area contributed by atoms with Crippen LogP contribution in [-0.2, 0) is 12.8 Å². The van der Waals surface area contributed by atoms with Crippen molar-refractivity contribution in [1.29, 1.82) is 0 Å². The average Bonchev–Trinajstić information content (AvgIpc) is 2.30. The van der Waals surface area contributed by atoms with Crippen molar-refractivity contribution >= 4 is 10.9 Å². The third kappa shape index (κ3) is 3.04. The first-order chi connectivity index (χ1) is 7.85. The molecule has 0 aliphatic rings. The number of para-hydroxylation sites is 1. The van der Waals surface area contributed by atoms with Gasteiger partial charge in [-0.25, -0.2) is 0 Å². The van der Waals surface area contributed by atoms with Crippen LogP contribution < -0.4 is 6.15 Å². The van der Waals surface area contributed by atoms with Crippen LogP contribution in [0, 0.1) is 0 Å². The van der Waals surface area contributed by atoms with Gasteiger partial charge in [0.15, 0.2) is 0 Å². The van der Waals surface area contributed by atoms with Crippen LogP contribution in [0.25, 0.3) is 10.9 Å². The van der Waals surface area contributed by atoms with Crippen LogP contribution in [0.1, 0.15) is 37.9 Å². The van der Waals surface area contributed by atoms with Crippen molar-refractivity contribution in [1.82, 2.24) is 11.1 Å². The molecule has 0 fully saturated rings. The highest BCUT2D eigenvalue weighted by Gasteiger charge is 2.05. The van der Waals surface area contributed by atoms with E-state index in [2.05, 4.69) is 44.2 Å². The van der Waals surface area contributed by atoms with Gasteiger partial charge in [-0.15, -0.1) is 0 Å². The molecule has 2 nitrogen and oxygen atoms in total. The molecule has 0 radical (unpaired) electrons. The summed E-state index contributed by atoms with van der Waals surface area (Å²) < 4.78 is 0. The molecule has 3 N–H and O–H groups in total. The van der Waals surface area contributed by atoms with E-state index in [0.717, 1.165) is 18.4 Å². The third-order valence-corrected chi connectivity index (χ3v) is 2.90. The predicted molar refractivity (Wildman–Crippen MR) is 74.8 cm³/mol. The number of aromatic nitrogens is 1. The first-order valence-electron chi connectivity index (χ1n) is 6.22. The van der Waals surface area contributed by atoms with Gasteiger partial charge in [-0.1, -0.05) is 44.9 Å². The quantitative estimate of drug-likeness (QED) is 0.851. The van der Waals surface area contributed by atoms with E-state index in [1.807, 2.05) is 0 Å². The first-order valence-corrected chi connectivity index (χ1v) is 6.22. The number of aryl methyl sites for hydroxylation is 2. The van der Waals surface area contributed by atoms with Crippen LogP contribution in [0.2, 0.25) is 0 Å². The molecule has 0 aliphatic carbocycles. The van der Waals surface area contributed by atoms with Crippen LogP contribution >= 0.6 is 0 Å². The van der Waals surface area contributed by atoms with Crippen LogP contribution in [0.15, 0.2) is 30.3 Å². The first kappa shape index (κ1) is 13.7. The summed E-state index contributed by atoms with van der Waals surface area (Å²) in [5, 5.41) is 1.27. The molecule has 1 aromatic carbocycles. The number of hydrogen-bond acceptors (Lipinski definition) is 2. The fourth-order valence-electron chi connectivity index (χ4n) is 2.14. The largest absolute Gasteiger partial charge is 0.344 e. The minimum Gasteiger partial charge on any atom is -0.344 e. The van der Waals surface area contributed by atoms with Gasteiger partial charge in [-0.3, -0.25) is 4.98 Å². The van der Waals surface area contributed by atoms with Crippen molar-refractivity contribution in [2.24, 2.45) is 0 Å². The Morgan fingerprint density at radius 1 is 1.00 bits per heavy atom. The molecule has 2 heteroatoms. The topological polar surface area (TPSA) is 47.9 Å². The second-order valence-corrected chi connectivity index (χ2v) is 4.29. The highest BCUT2D eigenvalue weighted by atomic mass is 14.7. The summed E-state index contributed by atoms with van der Waals surface area (Å²) in [7, 11) is 0. The molecule has 2 aromatic rings. The Bertz CT molecular complexity index is 433. The summed E-state index contributed by atoms with van der Waals surface area (Å²) in [5.41, 5.74) is 3.86. The number of fused-ring (bicyclic) bond motifs is 1. The maximum absolute atomic E-state index is 4.78. The summed E-state index contributed by atoms with van der Waals surface area (Å²) in [5.74, 6) is 0. The van der Waals surface area contributed by atoms with E-state index >= 15 is 0 Å². The molecule has 0 amide bonds. The van der Waals surface area contributed by atoms with Gasteiger partial charge in [0.05, 0.1) is 5.52 Å². The highest BCUT2D eigenvalue weighted by Crippen LogP contribution is 2.19. The Kier molecular flexibility index (Phi) is 5.11. The molecule has 0 aliphatic heterocycles. The molecule has 1 heterocycles. The molecule has 0 spiro atoms.